The number of fused-ring (bicyclic) bond motifs is 2. The molecule has 0 aliphatic carbocycles. The molecule has 4 heterocycles. The van der Waals surface area contributed by atoms with Crippen LogP contribution in [-0.4, -0.2) is 40.8 Å². The third-order valence-electron chi connectivity index (χ3n) is 4.93. The number of nitrogens with zero attached hydrogens (tertiary/aromatic N) is 4. The average molecular weight is 417 g/mol. The Labute approximate surface area is 164 Å². The number of hydrogen-bond acceptors (Lipinski definition) is 7. The summed E-state index contributed by atoms with van der Waals surface area (Å²) in [6.07, 6.45) is 3.34. The first-order chi connectivity index (χ1) is 13.1. The molecule has 0 bridgehead atoms. The summed E-state index contributed by atoms with van der Waals surface area (Å²) >= 11 is 3.07. The molecule has 1 saturated heterocycles. The van der Waals surface area contributed by atoms with Gasteiger partial charge in [-0.25, -0.2) is 23.4 Å². The Bertz CT molecular complexity index is 1190. The normalized spacial score (nSPS) is 17.0. The molecule has 0 radical (unpaired) electrons. The highest BCUT2D eigenvalue weighted by Gasteiger charge is 2.31. The van der Waals surface area contributed by atoms with E-state index in [4.69, 9.17) is 4.98 Å². The Hall–Kier alpha value is -1.94. The van der Waals surface area contributed by atoms with Crippen molar-refractivity contribution < 1.29 is 8.42 Å². The number of pyridine rings is 1. The first-order valence-corrected chi connectivity index (χ1v) is 11.8. The van der Waals surface area contributed by atoms with E-state index >= 15 is 0 Å². The molecule has 27 heavy (non-hydrogen) atoms. The highest BCUT2D eigenvalue weighted by Crippen LogP contribution is 2.35. The number of piperidine rings is 1. The monoisotopic (exact) mass is 416 g/mol. The van der Waals surface area contributed by atoms with Crippen molar-refractivity contribution >= 4 is 53.3 Å². The van der Waals surface area contributed by atoms with E-state index in [0.717, 1.165) is 38.4 Å². The summed E-state index contributed by atoms with van der Waals surface area (Å²) in [5.41, 5.74) is 3.49. The largest absolute Gasteiger partial charge is 0.245 e. The summed E-state index contributed by atoms with van der Waals surface area (Å²) in [4.78, 5) is 14.6. The fraction of sp³-hybridized carbons (Fsp3) is 0.278. The first kappa shape index (κ1) is 17.2. The van der Waals surface area contributed by atoms with Gasteiger partial charge in [-0.3, -0.25) is 0 Å². The number of aromatic nitrogens is 3. The molecule has 1 fully saturated rings. The summed E-state index contributed by atoms with van der Waals surface area (Å²) in [5, 5.41) is 1.06. The molecular formula is C18H16N4O2S3. The molecule has 4 aromatic rings. The molecule has 138 valence electrons. The zero-order valence-corrected chi connectivity index (χ0v) is 16.7. The molecule has 6 nitrogen and oxygen atoms in total. The second-order valence-electron chi connectivity index (χ2n) is 6.54. The molecule has 1 aliphatic rings. The van der Waals surface area contributed by atoms with E-state index in [1.54, 1.807) is 45.5 Å². The molecule has 0 N–H and O–H groups in total. The van der Waals surface area contributed by atoms with Gasteiger partial charge in [0.25, 0.3) is 0 Å². The lowest BCUT2D eigenvalue weighted by atomic mass is 9.99. The van der Waals surface area contributed by atoms with Crippen LogP contribution in [0.15, 0.2) is 46.9 Å². The van der Waals surface area contributed by atoms with E-state index in [2.05, 4.69) is 9.97 Å². The van der Waals surface area contributed by atoms with E-state index in [-0.39, 0.29) is 0 Å². The molecule has 9 heteroatoms. The van der Waals surface area contributed by atoms with Crippen molar-refractivity contribution in [2.75, 3.05) is 13.1 Å². The Morgan fingerprint density at radius 3 is 2.74 bits per heavy atom. The van der Waals surface area contributed by atoms with Crippen molar-refractivity contribution in [3.8, 4) is 0 Å². The number of hydrogen-bond donors (Lipinski definition) is 0. The van der Waals surface area contributed by atoms with Gasteiger partial charge in [-0.2, -0.15) is 4.31 Å². The maximum Gasteiger partial charge on any atom is 0.243 e. The average Bonchev–Trinajstić information content (AvgIpc) is 3.34. The van der Waals surface area contributed by atoms with Crippen molar-refractivity contribution in [1.29, 1.82) is 0 Å². The minimum atomic E-state index is -3.48. The van der Waals surface area contributed by atoms with Crippen LogP contribution in [0.2, 0.25) is 0 Å². The van der Waals surface area contributed by atoms with Gasteiger partial charge >= 0.3 is 0 Å². The van der Waals surface area contributed by atoms with Crippen LogP contribution >= 0.6 is 22.7 Å². The first-order valence-electron chi connectivity index (χ1n) is 8.66. The summed E-state index contributed by atoms with van der Waals surface area (Å²) in [6, 6.07) is 9.02. The molecule has 0 saturated carbocycles. The molecule has 0 spiro atoms. The fourth-order valence-corrected chi connectivity index (χ4v) is 6.81. The van der Waals surface area contributed by atoms with Crippen molar-refractivity contribution in [3.05, 3.63) is 47.0 Å². The van der Waals surface area contributed by atoms with Gasteiger partial charge in [0.05, 0.1) is 25.6 Å². The van der Waals surface area contributed by atoms with Gasteiger partial charge in [0.2, 0.25) is 10.0 Å². The molecule has 0 amide bonds. The zero-order valence-electron chi connectivity index (χ0n) is 14.3. The van der Waals surface area contributed by atoms with Crippen molar-refractivity contribution in [2.45, 2.75) is 23.7 Å². The number of benzene rings is 1. The van der Waals surface area contributed by atoms with Crippen LogP contribution in [0, 0.1) is 0 Å². The highest BCUT2D eigenvalue weighted by atomic mass is 32.2. The Morgan fingerprint density at radius 1 is 1.07 bits per heavy atom. The van der Waals surface area contributed by atoms with Crippen LogP contribution in [0.4, 0.5) is 0 Å². The summed E-state index contributed by atoms with van der Waals surface area (Å²) in [6.45, 7) is 1.02. The Balaban J connectivity index is 1.35. The van der Waals surface area contributed by atoms with Crippen molar-refractivity contribution in [1.82, 2.24) is 19.3 Å². The second kappa shape index (κ2) is 6.59. The Morgan fingerprint density at radius 2 is 1.93 bits per heavy atom. The van der Waals surface area contributed by atoms with Crippen LogP contribution < -0.4 is 0 Å². The van der Waals surface area contributed by atoms with Gasteiger partial charge in [-0.1, -0.05) is 11.3 Å². The van der Waals surface area contributed by atoms with Crippen LogP contribution in [0.25, 0.3) is 20.6 Å². The zero-order chi connectivity index (χ0) is 18.4. The van der Waals surface area contributed by atoms with Crippen LogP contribution in [0.1, 0.15) is 23.8 Å². The molecular weight excluding hydrogens is 400 g/mol. The van der Waals surface area contributed by atoms with Crippen molar-refractivity contribution in [3.63, 3.8) is 0 Å². The summed E-state index contributed by atoms with van der Waals surface area (Å²) in [7, 11) is -3.48. The van der Waals surface area contributed by atoms with E-state index in [0.29, 0.717) is 23.9 Å². The van der Waals surface area contributed by atoms with Gasteiger partial charge in [-0.15, -0.1) is 11.3 Å². The molecule has 0 atom stereocenters. The minimum absolute atomic E-state index is 0.291. The third-order valence-corrected chi connectivity index (χ3v) is 8.75. The third kappa shape index (κ3) is 3.04. The van der Waals surface area contributed by atoms with Crippen LogP contribution in [0.3, 0.4) is 0 Å². The van der Waals surface area contributed by atoms with E-state index < -0.39 is 10.0 Å². The van der Waals surface area contributed by atoms with Gasteiger partial charge < -0.3 is 0 Å². The smallest absolute Gasteiger partial charge is 0.243 e. The second-order valence-corrected chi connectivity index (χ2v) is 10.4. The topological polar surface area (TPSA) is 76.1 Å². The van der Waals surface area contributed by atoms with Gasteiger partial charge in [0, 0.05) is 25.2 Å². The van der Waals surface area contributed by atoms with E-state index in [9.17, 15) is 8.42 Å². The maximum atomic E-state index is 13.0. The highest BCUT2D eigenvalue weighted by molar-refractivity contribution is 7.89. The molecule has 1 aliphatic heterocycles. The van der Waals surface area contributed by atoms with E-state index in [1.165, 1.54) is 11.3 Å². The SMILES string of the molecule is O=S(=O)(c1ccc2ncsc2c1)N1CCC(c2nc3cccnc3s2)CC1. The molecule has 0 unspecified atom stereocenters. The van der Waals surface area contributed by atoms with Crippen LogP contribution in [0.5, 0.6) is 0 Å². The van der Waals surface area contributed by atoms with E-state index in [1.807, 2.05) is 12.1 Å². The summed E-state index contributed by atoms with van der Waals surface area (Å²) < 4.78 is 28.5. The fourth-order valence-electron chi connectivity index (χ4n) is 3.45. The van der Waals surface area contributed by atoms with Crippen LogP contribution in [-0.2, 0) is 10.0 Å². The lowest BCUT2D eigenvalue weighted by Crippen LogP contribution is -2.37. The molecule has 1 aromatic carbocycles. The number of thiazole rings is 2. The quantitative estimate of drug-likeness (QED) is 0.507. The lowest BCUT2D eigenvalue weighted by molar-refractivity contribution is 0.319. The maximum absolute atomic E-state index is 13.0. The minimum Gasteiger partial charge on any atom is -0.245 e. The van der Waals surface area contributed by atoms with Gasteiger partial charge in [0.1, 0.15) is 10.3 Å². The van der Waals surface area contributed by atoms with Crippen molar-refractivity contribution in [2.24, 2.45) is 0 Å². The lowest BCUT2D eigenvalue weighted by Gasteiger charge is -2.30. The van der Waals surface area contributed by atoms with Gasteiger partial charge in [-0.05, 0) is 43.2 Å². The predicted octanol–water partition coefficient (Wildman–Crippen LogP) is 3.87. The number of rotatable bonds is 3. The standard InChI is InChI=1S/C18H16N4O2S3/c23-27(24,13-3-4-14-16(10-13)25-11-20-14)22-8-5-12(6-9-22)17-21-15-2-1-7-19-18(15)26-17/h1-4,7,10-12H,5-6,8-9H2. The number of sulfonamides is 1. The van der Waals surface area contributed by atoms with Gasteiger partial charge in [0.15, 0.2) is 0 Å². The molecule has 3 aromatic heterocycles. The predicted molar refractivity (Wildman–Crippen MR) is 108 cm³/mol. The summed E-state index contributed by atoms with van der Waals surface area (Å²) in [5.74, 6) is 0.291. The Kier molecular flexibility index (Phi) is 4.19. The molecule has 5 rings (SSSR count).